The van der Waals surface area contributed by atoms with Crippen LogP contribution < -0.4 is 0 Å². The molecule has 0 fully saturated rings. The Morgan fingerprint density at radius 1 is 0.540 bits per heavy atom. The van der Waals surface area contributed by atoms with Crippen LogP contribution in [-0.2, 0) is 39.6 Å². The van der Waals surface area contributed by atoms with Crippen LogP contribution >= 0.6 is 11.8 Å². The minimum atomic E-state index is 0.219. The minimum absolute atomic E-state index is 0.219. The highest BCUT2D eigenvalue weighted by Crippen LogP contribution is 2.27. The molecular weight excluding hydrogens is 656 g/mol. The third-order valence-electron chi connectivity index (χ3n) is 8.67. The van der Waals surface area contributed by atoms with E-state index in [4.69, 9.17) is 33.2 Å². The highest BCUT2D eigenvalue weighted by Gasteiger charge is 2.09. The Kier molecular flexibility index (Phi) is 30.0. The molecule has 0 aromatic heterocycles. The number of benzene rings is 1. The van der Waals surface area contributed by atoms with E-state index in [-0.39, 0.29) is 11.5 Å². The summed E-state index contributed by atoms with van der Waals surface area (Å²) >= 11 is 2.17. The topological polar surface area (TPSA) is 105 Å². The summed E-state index contributed by atoms with van der Waals surface area (Å²) in [5.41, 5.74) is 1.45. The Hall–Kier alpha value is -1.37. The predicted molar refractivity (Wildman–Crippen MR) is 204 cm³/mol. The van der Waals surface area contributed by atoms with Crippen molar-refractivity contribution in [1.29, 1.82) is 0 Å². The molecule has 0 aliphatic heterocycles. The first-order chi connectivity index (χ1) is 24.7. The molecule has 2 rings (SSSR count). The van der Waals surface area contributed by atoms with Crippen molar-refractivity contribution in [2.45, 2.75) is 96.8 Å². The quantitative estimate of drug-likeness (QED) is 0.0401. The Morgan fingerprint density at radius 2 is 1.00 bits per heavy atom. The van der Waals surface area contributed by atoms with Crippen LogP contribution in [0.4, 0.5) is 0 Å². The second kappa shape index (κ2) is 33.5. The number of aromatic hydroxyl groups is 2. The Labute approximate surface area is 308 Å². The molecule has 290 valence electrons. The van der Waals surface area contributed by atoms with E-state index in [0.717, 1.165) is 37.4 Å². The van der Waals surface area contributed by atoms with Gasteiger partial charge >= 0.3 is 0 Å². The molecule has 0 radical (unpaired) electrons. The molecule has 2 N–H and O–H groups in total. The fraction of sp³-hybridized carbons (Fsp3) is 0.800. The summed E-state index contributed by atoms with van der Waals surface area (Å²) in [7, 11) is 0. The zero-order chi connectivity index (χ0) is 35.6. The Morgan fingerprint density at radius 3 is 1.50 bits per heavy atom. The summed E-state index contributed by atoms with van der Waals surface area (Å²) in [5, 5.41) is 19.7. The number of unbranched alkanes of at least 4 members (excludes halogenated alkanes) is 8. The van der Waals surface area contributed by atoms with Gasteiger partial charge in [0.1, 0.15) is 11.5 Å². The van der Waals surface area contributed by atoms with Crippen LogP contribution in [0.2, 0.25) is 0 Å². The highest BCUT2D eigenvalue weighted by atomic mass is 32.2. The second-order valence-electron chi connectivity index (χ2n) is 13.1. The Balaban J connectivity index is 1.15. The molecule has 1 atom stereocenters. The maximum atomic E-state index is 9.96. The van der Waals surface area contributed by atoms with E-state index in [0.29, 0.717) is 97.9 Å². The molecule has 9 nitrogen and oxygen atoms in total. The number of phenolic OH excluding ortho intramolecular Hbond substituents is 2. The maximum absolute atomic E-state index is 9.96. The number of hydrogen-bond donors (Lipinski definition) is 2. The summed E-state index contributed by atoms with van der Waals surface area (Å²) in [5.74, 6) is 4.10. The van der Waals surface area contributed by atoms with Crippen molar-refractivity contribution in [3.8, 4) is 11.5 Å². The van der Waals surface area contributed by atoms with Crippen LogP contribution in [-0.4, -0.2) is 114 Å². The molecule has 10 heteroatoms. The molecule has 0 bridgehead atoms. The number of phenols is 2. The van der Waals surface area contributed by atoms with Crippen LogP contribution in [0.1, 0.15) is 94.6 Å². The van der Waals surface area contributed by atoms with E-state index in [1.54, 1.807) is 19.1 Å². The lowest BCUT2D eigenvalue weighted by Crippen LogP contribution is -2.14. The van der Waals surface area contributed by atoms with Crippen LogP contribution in [0.5, 0.6) is 11.5 Å². The Bertz CT molecular complexity index is 932. The van der Waals surface area contributed by atoms with Crippen molar-refractivity contribution >= 4 is 11.8 Å². The number of ether oxygens (including phenoxy) is 7. The number of allylic oxidation sites excluding steroid dienone is 2. The molecule has 0 saturated carbocycles. The van der Waals surface area contributed by atoms with Gasteiger partial charge in [-0.25, -0.2) is 0 Å². The summed E-state index contributed by atoms with van der Waals surface area (Å²) in [4.78, 5) is 0. The van der Waals surface area contributed by atoms with E-state index in [9.17, 15) is 10.2 Å². The second-order valence-corrected chi connectivity index (χ2v) is 14.2. The predicted octanol–water partition coefficient (Wildman–Crippen LogP) is 8.06. The maximum Gasteiger partial charge on any atom is 0.119 e. The minimum Gasteiger partial charge on any atom is -0.508 e. The summed E-state index contributed by atoms with van der Waals surface area (Å²) in [6.45, 7) is 9.85. The lowest BCUT2D eigenvalue weighted by molar-refractivity contribution is -0.0206. The van der Waals surface area contributed by atoms with Crippen molar-refractivity contribution in [3.63, 3.8) is 0 Å². The van der Waals surface area contributed by atoms with Gasteiger partial charge in [-0.05, 0) is 99.0 Å². The van der Waals surface area contributed by atoms with Gasteiger partial charge in [-0.3, -0.25) is 0 Å². The molecule has 1 aromatic carbocycles. The van der Waals surface area contributed by atoms with E-state index >= 15 is 0 Å². The van der Waals surface area contributed by atoms with Gasteiger partial charge in [0.05, 0.1) is 79.3 Å². The lowest BCUT2D eigenvalue weighted by atomic mass is 9.97. The van der Waals surface area contributed by atoms with Crippen LogP contribution in [0, 0.1) is 12.8 Å². The van der Waals surface area contributed by atoms with Gasteiger partial charge in [-0.2, -0.15) is 11.8 Å². The molecule has 0 spiro atoms. The number of rotatable bonds is 36. The van der Waals surface area contributed by atoms with Crippen molar-refractivity contribution in [2.75, 3.05) is 104 Å². The van der Waals surface area contributed by atoms with E-state index in [1.807, 2.05) is 0 Å². The average Bonchev–Trinajstić information content (AvgIpc) is 3.12. The van der Waals surface area contributed by atoms with E-state index < -0.39 is 0 Å². The smallest absolute Gasteiger partial charge is 0.119 e. The SMILES string of the molecule is Cc1cc(O)c(CCCCOCCOCCOCCOCCOCCOCCOCCCCCCCCCCSCC2CC=CCC2)cc1O. The van der Waals surface area contributed by atoms with Gasteiger partial charge in [0, 0.05) is 13.2 Å². The van der Waals surface area contributed by atoms with Crippen LogP contribution in [0.25, 0.3) is 0 Å². The van der Waals surface area contributed by atoms with Gasteiger partial charge in [0.25, 0.3) is 0 Å². The molecule has 50 heavy (non-hydrogen) atoms. The zero-order valence-corrected chi connectivity index (χ0v) is 32.1. The number of thioether (sulfide) groups is 1. The van der Waals surface area contributed by atoms with Gasteiger partial charge in [-0.15, -0.1) is 0 Å². The first-order valence-corrected chi connectivity index (χ1v) is 20.6. The van der Waals surface area contributed by atoms with Crippen molar-refractivity contribution < 1.29 is 43.4 Å². The van der Waals surface area contributed by atoms with E-state index in [2.05, 4.69) is 23.9 Å². The van der Waals surface area contributed by atoms with Crippen LogP contribution in [0.15, 0.2) is 24.3 Å². The molecule has 1 aliphatic rings. The molecule has 0 heterocycles. The third-order valence-corrected chi connectivity index (χ3v) is 9.96. The van der Waals surface area contributed by atoms with Crippen LogP contribution in [0.3, 0.4) is 0 Å². The molecule has 0 saturated heterocycles. The molecule has 1 unspecified atom stereocenters. The van der Waals surface area contributed by atoms with Gasteiger partial charge < -0.3 is 43.4 Å². The van der Waals surface area contributed by atoms with E-state index in [1.165, 1.54) is 75.7 Å². The molecular formula is C40H70O9S. The highest BCUT2D eigenvalue weighted by molar-refractivity contribution is 7.99. The van der Waals surface area contributed by atoms with Gasteiger partial charge in [-0.1, -0.05) is 50.7 Å². The summed E-state index contributed by atoms with van der Waals surface area (Å²) in [6, 6.07) is 3.24. The van der Waals surface area contributed by atoms with Crippen molar-refractivity contribution in [1.82, 2.24) is 0 Å². The monoisotopic (exact) mass is 726 g/mol. The molecule has 1 aliphatic carbocycles. The third kappa shape index (κ3) is 26.4. The molecule has 0 amide bonds. The average molecular weight is 727 g/mol. The fourth-order valence-corrected chi connectivity index (χ4v) is 6.80. The summed E-state index contributed by atoms with van der Waals surface area (Å²) in [6.07, 6.45) is 21.8. The lowest BCUT2D eigenvalue weighted by Gasteiger charge is -2.16. The zero-order valence-electron chi connectivity index (χ0n) is 31.3. The first kappa shape index (κ1) is 44.8. The van der Waals surface area contributed by atoms with Gasteiger partial charge in [0.15, 0.2) is 0 Å². The number of aryl methyl sites for hydroxylation is 2. The fourth-order valence-electron chi connectivity index (χ4n) is 5.59. The molecule has 1 aromatic rings. The standard InChI is InChI=1S/C40H70O9S/c1-36-33-40(42)38(34-39(36)41)17-11-13-19-44-21-23-46-25-27-48-29-31-49-30-28-47-26-24-45-22-20-43-18-12-6-4-2-3-5-7-14-32-50-35-37-15-9-8-10-16-37/h8-9,33-34,37,41-42H,2-7,10-32,35H2,1H3. The van der Waals surface area contributed by atoms with Crippen molar-refractivity contribution in [2.24, 2.45) is 5.92 Å². The largest absolute Gasteiger partial charge is 0.508 e. The van der Waals surface area contributed by atoms with Crippen molar-refractivity contribution in [3.05, 3.63) is 35.4 Å². The number of hydrogen-bond acceptors (Lipinski definition) is 10. The first-order valence-electron chi connectivity index (χ1n) is 19.4. The van der Waals surface area contributed by atoms with Gasteiger partial charge in [0.2, 0.25) is 0 Å². The summed E-state index contributed by atoms with van der Waals surface area (Å²) < 4.78 is 39.0. The normalized spacial score (nSPS) is 14.5.